The predicted molar refractivity (Wildman–Crippen MR) is 88.8 cm³/mol. The molecule has 0 radical (unpaired) electrons. The summed E-state index contributed by atoms with van der Waals surface area (Å²) in [6.45, 7) is 1.48. The van der Waals surface area contributed by atoms with E-state index in [0.717, 1.165) is 42.9 Å². The summed E-state index contributed by atoms with van der Waals surface area (Å²) in [4.78, 5) is 4.39. The van der Waals surface area contributed by atoms with Crippen molar-refractivity contribution in [2.75, 3.05) is 0 Å². The second kappa shape index (κ2) is 7.75. The van der Waals surface area contributed by atoms with Crippen molar-refractivity contribution in [1.29, 1.82) is 5.26 Å². The molecule has 1 aromatic carbocycles. The van der Waals surface area contributed by atoms with Crippen LogP contribution in [0.2, 0.25) is 0 Å². The van der Waals surface area contributed by atoms with Crippen LogP contribution in [0.25, 0.3) is 0 Å². The molecule has 23 heavy (non-hydrogen) atoms. The largest absolute Gasteiger partial charge is 0.474 e. The van der Waals surface area contributed by atoms with Gasteiger partial charge in [0, 0.05) is 25.4 Å². The summed E-state index contributed by atoms with van der Waals surface area (Å²) in [6, 6.07) is 13.8. The van der Waals surface area contributed by atoms with Crippen molar-refractivity contribution in [3.8, 4) is 11.9 Å². The van der Waals surface area contributed by atoms with Gasteiger partial charge in [-0.2, -0.15) is 5.26 Å². The zero-order valence-electron chi connectivity index (χ0n) is 13.2. The van der Waals surface area contributed by atoms with Crippen molar-refractivity contribution in [3.63, 3.8) is 0 Å². The third-order valence-corrected chi connectivity index (χ3v) is 4.10. The minimum atomic E-state index is 0.346. The van der Waals surface area contributed by atoms with E-state index >= 15 is 0 Å². The Balaban J connectivity index is 1.47. The van der Waals surface area contributed by atoms with E-state index in [2.05, 4.69) is 22.4 Å². The maximum absolute atomic E-state index is 8.90. The maximum Gasteiger partial charge on any atom is 0.213 e. The van der Waals surface area contributed by atoms with Gasteiger partial charge in [0.2, 0.25) is 5.88 Å². The number of pyridine rings is 1. The lowest BCUT2D eigenvalue weighted by molar-refractivity contribution is 0.201. The van der Waals surface area contributed by atoms with Gasteiger partial charge in [-0.1, -0.05) is 18.2 Å². The Morgan fingerprint density at radius 1 is 1.13 bits per heavy atom. The molecule has 1 aromatic heterocycles. The average molecular weight is 307 g/mol. The van der Waals surface area contributed by atoms with Gasteiger partial charge in [0.15, 0.2) is 0 Å². The Morgan fingerprint density at radius 2 is 1.96 bits per heavy atom. The fraction of sp³-hybridized carbons (Fsp3) is 0.368. The van der Waals surface area contributed by atoms with E-state index in [9.17, 15) is 0 Å². The minimum absolute atomic E-state index is 0.346. The molecule has 3 rings (SSSR count). The molecule has 4 nitrogen and oxygen atoms in total. The fourth-order valence-corrected chi connectivity index (χ4v) is 2.86. The van der Waals surface area contributed by atoms with Gasteiger partial charge in [-0.15, -0.1) is 0 Å². The first-order chi connectivity index (χ1) is 11.3. The zero-order chi connectivity index (χ0) is 15.9. The third kappa shape index (κ3) is 4.54. The highest BCUT2D eigenvalue weighted by molar-refractivity contribution is 5.32. The first-order valence-corrected chi connectivity index (χ1v) is 8.15. The van der Waals surface area contributed by atoms with Gasteiger partial charge < -0.3 is 10.1 Å². The number of ether oxygens (including phenoxy) is 1. The molecule has 1 saturated carbocycles. The van der Waals surface area contributed by atoms with Crippen LogP contribution in [0, 0.1) is 11.3 Å². The van der Waals surface area contributed by atoms with E-state index in [1.165, 1.54) is 12.8 Å². The summed E-state index contributed by atoms with van der Waals surface area (Å²) in [5, 5.41) is 12.3. The molecular weight excluding hydrogens is 286 g/mol. The quantitative estimate of drug-likeness (QED) is 0.886. The summed E-state index contributed by atoms with van der Waals surface area (Å²) in [5.41, 5.74) is 2.93. The summed E-state index contributed by atoms with van der Waals surface area (Å²) >= 11 is 0. The number of aromatic nitrogens is 1. The fourth-order valence-electron chi connectivity index (χ4n) is 2.86. The second-order valence-corrected chi connectivity index (χ2v) is 5.94. The Bertz CT molecular complexity index is 670. The molecule has 0 saturated heterocycles. The van der Waals surface area contributed by atoms with Crippen LogP contribution in [-0.4, -0.2) is 11.1 Å². The molecule has 1 aliphatic rings. The Hall–Kier alpha value is -2.38. The smallest absolute Gasteiger partial charge is 0.213 e. The van der Waals surface area contributed by atoms with Crippen LogP contribution in [0.3, 0.4) is 0 Å². The third-order valence-electron chi connectivity index (χ3n) is 4.10. The van der Waals surface area contributed by atoms with Gasteiger partial charge in [0.05, 0.1) is 11.6 Å². The van der Waals surface area contributed by atoms with E-state index in [4.69, 9.17) is 10.00 Å². The number of nitriles is 1. The van der Waals surface area contributed by atoms with Gasteiger partial charge in [0.1, 0.15) is 6.10 Å². The Kier molecular flexibility index (Phi) is 5.23. The maximum atomic E-state index is 8.90. The molecule has 1 fully saturated rings. The van der Waals surface area contributed by atoms with Crippen LogP contribution in [-0.2, 0) is 13.1 Å². The lowest BCUT2D eigenvalue weighted by Crippen LogP contribution is -2.14. The van der Waals surface area contributed by atoms with E-state index < -0.39 is 0 Å². The summed E-state index contributed by atoms with van der Waals surface area (Å²) in [5.74, 6) is 0.724. The van der Waals surface area contributed by atoms with Crippen LogP contribution >= 0.6 is 0 Å². The molecule has 1 heterocycles. The molecule has 118 valence electrons. The summed E-state index contributed by atoms with van der Waals surface area (Å²) < 4.78 is 5.87. The molecule has 2 aromatic rings. The highest BCUT2D eigenvalue weighted by Gasteiger charge is 2.16. The second-order valence-electron chi connectivity index (χ2n) is 5.94. The highest BCUT2D eigenvalue weighted by Crippen LogP contribution is 2.22. The van der Waals surface area contributed by atoms with Crippen LogP contribution in [0.1, 0.15) is 42.4 Å². The van der Waals surface area contributed by atoms with Crippen LogP contribution in [0.5, 0.6) is 5.88 Å². The SMILES string of the molecule is N#Cc1cccc(CNCc2ccc(OC3CCCC3)nc2)c1. The monoisotopic (exact) mass is 307 g/mol. The number of benzene rings is 1. The van der Waals surface area contributed by atoms with Gasteiger partial charge in [0.25, 0.3) is 0 Å². The van der Waals surface area contributed by atoms with Crippen LogP contribution in [0.4, 0.5) is 0 Å². The lowest BCUT2D eigenvalue weighted by atomic mass is 10.1. The van der Waals surface area contributed by atoms with E-state index in [0.29, 0.717) is 11.7 Å². The molecule has 1 aliphatic carbocycles. The number of nitrogens with one attached hydrogen (secondary N) is 1. The standard InChI is InChI=1S/C19H21N3O/c20-11-15-4-3-5-16(10-15)12-21-13-17-8-9-19(22-14-17)23-18-6-1-2-7-18/h3-5,8-10,14,18,21H,1-2,6-7,12-13H2. The molecule has 0 unspecified atom stereocenters. The normalized spacial score (nSPS) is 14.6. The molecule has 0 atom stereocenters. The molecule has 0 amide bonds. The highest BCUT2D eigenvalue weighted by atomic mass is 16.5. The van der Waals surface area contributed by atoms with E-state index in [1.54, 1.807) is 0 Å². The van der Waals surface area contributed by atoms with E-state index in [1.807, 2.05) is 36.5 Å². The Morgan fingerprint density at radius 3 is 2.70 bits per heavy atom. The molecular formula is C19H21N3O. The van der Waals surface area contributed by atoms with Crippen molar-refractivity contribution < 1.29 is 4.74 Å². The van der Waals surface area contributed by atoms with Gasteiger partial charge in [-0.25, -0.2) is 4.98 Å². The van der Waals surface area contributed by atoms with Crippen molar-refractivity contribution in [3.05, 3.63) is 59.3 Å². The molecule has 0 bridgehead atoms. The first kappa shape index (κ1) is 15.5. The van der Waals surface area contributed by atoms with Gasteiger partial charge in [-0.05, 0) is 48.9 Å². The van der Waals surface area contributed by atoms with Crippen molar-refractivity contribution >= 4 is 0 Å². The molecule has 0 aliphatic heterocycles. The molecule has 0 spiro atoms. The topological polar surface area (TPSA) is 57.9 Å². The van der Waals surface area contributed by atoms with Crippen molar-refractivity contribution in [2.24, 2.45) is 0 Å². The zero-order valence-corrected chi connectivity index (χ0v) is 13.2. The average Bonchev–Trinajstić information content (AvgIpc) is 3.10. The molecule has 1 N–H and O–H groups in total. The van der Waals surface area contributed by atoms with Gasteiger partial charge in [-0.3, -0.25) is 0 Å². The van der Waals surface area contributed by atoms with Gasteiger partial charge >= 0.3 is 0 Å². The minimum Gasteiger partial charge on any atom is -0.474 e. The van der Waals surface area contributed by atoms with Crippen molar-refractivity contribution in [1.82, 2.24) is 10.3 Å². The lowest BCUT2D eigenvalue weighted by Gasteiger charge is -2.12. The summed E-state index contributed by atoms with van der Waals surface area (Å²) in [6.07, 6.45) is 7.03. The van der Waals surface area contributed by atoms with E-state index in [-0.39, 0.29) is 0 Å². The number of hydrogen-bond donors (Lipinski definition) is 1. The first-order valence-electron chi connectivity index (χ1n) is 8.15. The number of hydrogen-bond acceptors (Lipinski definition) is 4. The van der Waals surface area contributed by atoms with Crippen molar-refractivity contribution in [2.45, 2.75) is 44.9 Å². The predicted octanol–water partition coefficient (Wildman–Crippen LogP) is 3.56. The molecule has 4 heteroatoms. The Labute approximate surface area is 137 Å². The summed E-state index contributed by atoms with van der Waals surface area (Å²) in [7, 11) is 0. The van der Waals surface area contributed by atoms with Crippen LogP contribution < -0.4 is 10.1 Å². The number of rotatable bonds is 6. The number of nitrogens with zero attached hydrogens (tertiary/aromatic N) is 2. The van der Waals surface area contributed by atoms with Crippen LogP contribution in [0.15, 0.2) is 42.6 Å².